The van der Waals surface area contributed by atoms with E-state index < -0.39 is 34.4 Å². The molecule has 0 aromatic rings. The van der Waals surface area contributed by atoms with E-state index in [4.69, 9.17) is 0 Å². The van der Waals surface area contributed by atoms with Crippen LogP contribution in [-0.4, -0.2) is 65.8 Å². The summed E-state index contributed by atoms with van der Waals surface area (Å²) in [6.45, 7) is 5.25. The zero-order valence-electron chi connectivity index (χ0n) is 16.7. The summed E-state index contributed by atoms with van der Waals surface area (Å²) >= 11 is 0. The van der Waals surface area contributed by atoms with E-state index in [0.29, 0.717) is 25.7 Å². The zero-order chi connectivity index (χ0) is 20.0. The van der Waals surface area contributed by atoms with E-state index in [9.17, 15) is 30.6 Å². The summed E-state index contributed by atoms with van der Waals surface area (Å²) in [6.07, 6.45) is 1.33. The van der Waals surface area contributed by atoms with Gasteiger partial charge in [-0.25, -0.2) is 0 Å². The molecule has 0 spiro atoms. The van der Waals surface area contributed by atoms with Gasteiger partial charge in [-0.15, -0.1) is 0 Å². The SMILES string of the molecule is CC(O)C1(O)CCC2(O)C3(O)CCC4CC(O)CCC4(C)C3CC(O)C12C. The van der Waals surface area contributed by atoms with Crippen LogP contribution in [0.5, 0.6) is 0 Å². The first-order valence-electron chi connectivity index (χ1n) is 10.6. The van der Waals surface area contributed by atoms with Crippen LogP contribution in [0.3, 0.4) is 0 Å². The Bertz CT molecular complexity index is 626. The minimum atomic E-state index is -1.67. The molecule has 0 radical (unpaired) electrons. The second-order valence-electron chi connectivity index (χ2n) is 10.6. The van der Waals surface area contributed by atoms with Crippen LogP contribution in [0.25, 0.3) is 0 Å². The summed E-state index contributed by atoms with van der Waals surface area (Å²) in [4.78, 5) is 0. The van der Waals surface area contributed by atoms with Gasteiger partial charge in [0.2, 0.25) is 0 Å². The second kappa shape index (κ2) is 5.67. The molecule has 0 aliphatic heterocycles. The average Bonchev–Trinajstić information content (AvgIpc) is 2.83. The van der Waals surface area contributed by atoms with E-state index in [0.717, 1.165) is 6.42 Å². The molecule has 10 atom stereocenters. The molecule has 4 saturated carbocycles. The molecule has 0 aromatic carbocycles. The van der Waals surface area contributed by atoms with Crippen molar-refractivity contribution in [3.63, 3.8) is 0 Å². The van der Waals surface area contributed by atoms with Gasteiger partial charge in [0.25, 0.3) is 0 Å². The van der Waals surface area contributed by atoms with Gasteiger partial charge in [-0.05, 0) is 75.5 Å². The molecule has 156 valence electrons. The molecule has 0 aromatic heterocycles. The molecule has 6 N–H and O–H groups in total. The van der Waals surface area contributed by atoms with Gasteiger partial charge in [0.1, 0.15) is 11.2 Å². The van der Waals surface area contributed by atoms with Gasteiger partial charge in [-0.1, -0.05) is 13.8 Å². The van der Waals surface area contributed by atoms with E-state index in [1.165, 1.54) is 6.92 Å². The van der Waals surface area contributed by atoms with E-state index >= 15 is 0 Å². The fourth-order valence-electron chi connectivity index (χ4n) is 7.96. The van der Waals surface area contributed by atoms with Gasteiger partial charge < -0.3 is 30.6 Å². The lowest BCUT2D eigenvalue weighted by Gasteiger charge is -2.69. The van der Waals surface area contributed by atoms with Gasteiger partial charge in [-0.3, -0.25) is 0 Å². The topological polar surface area (TPSA) is 121 Å². The molecule has 0 saturated heterocycles. The lowest BCUT2D eigenvalue weighted by atomic mass is 9.40. The summed E-state index contributed by atoms with van der Waals surface area (Å²) in [6, 6.07) is 0. The molecule has 4 aliphatic carbocycles. The first-order valence-corrected chi connectivity index (χ1v) is 10.6. The van der Waals surface area contributed by atoms with Crippen molar-refractivity contribution in [3.8, 4) is 0 Å². The number of hydrogen-bond acceptors (Lipinski definition) is 6. The largest absolute Gasteiger partial charge is 0.393 e. The molecular weight excluding hydrogens is 348 g/mol. The summed E-state index contributed by atoms with van der Waals surface area (Å²) in [5, 5.41) is 66.8. The summed E-state index contributed by atoms with van der Waals surface area (Å²) < 4.78 is 0. The Morgan fingerprint density at radius 2 is 1.56 bits per heavy atom. The van der Waals surface area contributed by atoms with Crippen LogP contribution in [0.1, 0.15) is 72.1 Å². The fraction of sp³-hybridized carbons (Fsp3) is 1.00. The monoisotopic (exact) mass is 384 g/mol. The average molecular weight is 385 g/mol. The predicted octanol–water partition coefficient (Wildman–Crippen LogP) is 0.702. The summed E-state index contributed by atoms with van der Waals surface area (Å²) in [5.74, 6) is -0.0515. The zero-order valence-corrected chi connectivity index (χ0v) is 16.7. The highest BCUT2D eigenvalue weighted by molar-refractivity contribution is 5.30. The van der Waals surface area contributed by atoms with E-state index in [1.807, 2.05) is 0 Å². The molecule has 4 aliphatic rings. The van der Waals surface area contributed by atoms with Crippen molar-refractivity contribution in [1.82, 2.24) is 0 Å². The number of aliphatic hydroxyl groups excluding tert-OH is 3. The highest BCUT2D eigenvalue weighted by Gasteiger charge is 2.80. The van der Waals surface area contributed by atoms with Crippen LogP contribution >= 0.6 is 0 Å². The van der Waals surface area contributed by atoms with E-state index in [1.54, 1.807) is 6.92 Å². The van der Waals surface area contributed by atoms with Gasteiger partial charge >= 0.3 is 0 Å². The Labute approximate surface area is 161 Å². The minimum absolute atomic E-state index is 0.141. The lowest BCUT2D eigenvalue weighted by molar-refractivity contribution is -0.341. The fourth-order valence-corrected chi connectivity index (χ4v) is 7.96. The van der Waals surface area contributed by atoms with E-state index in [-0.39, 0.29) is 42.6 Å². The van der Waals surface area contributed by atoms with Crippen LogP contribution in [-0.2, 0) is 0 Å². The quantitative estimate of drug-likeness (QED) is 0.396. The third-order valence-corrected chi connectivity index (χ3v) is 9.91. The maximum atomic E-state index is 12.0. The summed E-state index contributed by atoms with van der Waals surface area (Å²) in [5.41, 5.74) is -6.42. The van der Waals surface area contributed by atoms with Crippen molar-refractivity contribution >= 4 is 0 Å². The molecule has 4 fully saturated rings. The number of fused-ring (bicyclic) bond motifs is 5. The van der Waals surface area contributed by atoms with Crippen molar-refractivity contribution in [2.75, 3.05) is 0 Å². The Balaban J connectivity index is 1.81. The minimum Gasteiger partial charge on any atom is -0.393 e. The highest BCUT2D eigenvalue weighted by atomic mass is 16.4. The first-order chi connectivity index (χ1) is 12.4. The van der Waals surface area contributed by atoms with E-state index in [2.05, 4.69) is 6.92 Å². The predicted molar refractivity (Wildman–Crippen MR) is 98.7 cm³/mol. The second-order valence-corrected chi connectivity index (χ2v) is 10.6. The van der Waals surface area contributed by atoms with Gasteiger partial charge in [0.15, 0.2) is 0 Å². The smallest absolute Gasteiger partial charge is 0.104 e. The van der Waals surface area contributed by atoms with Crippen LogP contribution in [0.4, 0.5) is 0 Å². The maximum absolute atomic E-state index is 12.0. The van der Waals surface area contributed by atoms with Gasteiger partial charge in [0.05, 0.1) is 29.3 Å². The Morgan fingerprint density at radius 3 is 2.19 bits per heavy atom. The van der Waals surface area contributed by atoms with Crippen molar-refractivity contribution in [3.05, 3.63) is 0 Å². The van der Waals surface area contributed by atoms with Gasteiger partial charge in [0, 0.05) is 0 Å². The number of rotatable bonds is 1. The molecule has 0 heterocycles. The van der Waals surface area contributed by atoms with Crippen LogP contribution in [0, 0.1) is 22.7 Å². The molecule has 6 heteroatoms. The third-order valence-electron chi connectivity index (χ3n) is 9.91. The molecule has 0 amide bonds. The molecule has 0 bridgehead atoms. The molecule has 27 heavy (non-hydrogen) atoms. The number of aliphatic hydroxyl groups is 6. The Kier molecular flexibility index (Phi) is 4.21. The van der Waals surface area contributed by atoms with Crippen molar-refractivity contribution < 1.29 is 30.6 Å². The highest BCUT2D eigenvalue weighted by Crippen LogP contribution is 2.71. The first kappa shape index (κ1) is 20.0. The normalized spacial score (nSPS) is 61.7. The standard InChI is InChI=1S/C21H36O6/c1-12(22)19(25)8-9-21(27)18(19,3)16(24)11-15-17(2)6-5-14(23)10-13(17)4-7-20(15,21)26/h12-16,22-27H,4-11H2,1-3H3. The Hall–Kier alpha value is -0.240. The molecule has 6 nitrogen and oxygen atoms in total. The Morgan fingerprint density at radius 1 is 0.889 bits per heavy atom. The van der Waals surface area contributed by atoms with Crippen molar-refractivity contribution in [2.24, 2.45) is 22.7 Å². The summed E-state index contributed by atoms with van der Waals surface area (Å²) in [7, 11) is 0. The van der Waals surface area contributed by atoms with Crippen LogP contribution in [0.2, 0.25) is 0 Å². The number of hydrogen-bond donors (Lipinski definition) is 6. The van der Waals surface area contributed by atoms with Crippen molar-refractivity contribution in [2.45, 2.75) is 107 Å². The maximum Gasteiger partial charge on any atom is 0.104 e. The molecule has 10 unspecified atom stereocenters. The molecular formula is C21H36O6. The third kappa shape index (κ3) is 2.07. The van der Waals surface area contributed by atoms with Crippen LogP contribution in [0.15, 0.2) is 0 Å². The van der Waals surface area contributed by atoms with Crippen molar-refractivity contribution in [1.29, 1.82) is 0 Å². The lowest BCUT2D eigenvalue weighted by Crippen LogP contribution is -2.79. The van der Waals surface area contributed by atoms with Gasteiger partial charge in [-0.2, -0.15) is 0 Å². The van der Waals surface area contributed by atoms with Crippen LogP contribution < -0.4 is 0 Å². The molecule has 4 rings (SSSR count).